The molecule has 1 rings (SSSR count). The van der Waals surface area contributed by atoms with Crippen LogP contribution in [0.25, 0.3) is 0 Å². The maximum absolute atomic E-state index is 11.2. The topological polar surface area (TPSA) is 58.2 Å². The van der Waals surface area contributed by atoms with E-state index in [0.29, 0.717) is 0 Å². The van der Waals surface area contributed by atoms with E-state index < -0.39 is 0 Å². The third-order valence-electron chi connectivity index (χ3n) is 2.34. The van der Waals surface area contributed by atoms with Crippen LogP contribution in [0.2, 0.25) is 0 Å². The lowest BCUT2D eigenvalue weighted by Crippen LogP contribution is -2.22. The van der Waals surface area contributed by atoms with Gasteiger partial charge in [0.05, 0.1) is 0 Å². The average molecular weight is 280 g/mol. The Hall–Kier alpha value is -1.84. The van der Waals surface area contributed by atoms with Crippen LogP contribution < -0.4 is 10.6 Å². The van der Waals surface area contributed by atoms with Crippen molar-refractivity contribution >= 4 is 17.5 Å². The Bertz CT molecular complexity index is 387. The van der Waals surface area contributed by atoms with E-state index in [0.717, 1.165) is 5.69 Å². The number of para-hydroxylation sites is 1. The lowest BCUT2D eigenvalue weighted by molar-refractivity contribution is -0.123. The van der Waals surface area contributed by atoms with Gasteiger partial charge < -0.3 is 10.6 Å². The van der Waals surface area contributed by atoms with Crippen molar-refractivity contribution in [2.24, 2.45) is 11.8 Å². The number of anilines is 1. The van der Waals surface area contributed by atoms with Crippen LogP contribution in [0.5, 0.6) is 0 Å². The molecule has 0 bridgehead atoms. The van der Waals surface area contributed by atoms with Gasteiger partial charge in [0.15, 0.2) is 0 Å². The van der Waals surface area contributed by atoms with E-state index in [2.05, 4.69) is 10.6 Å². The molecule has 0 fully saturated rings. The molecule has 4 heteroatoms. The van der Waals surface area contributed by atoms with Gasteiger partial charge in [-0.1, -0.05) is 53.3 Å². The summed E-state index contributed by atoms with van der Waals surface area (Å²) in [7, 11) is 1.64. The first kappa shape index (κ1) is 20.5. The number of amides is 2. The number of carbonyl (C=O) groups excluding carboxylic acids is 2. The first-order chi connectivity index (χ1) is 8.88. The molecule has 0 heterocycles. The van der Waals surface area contributed by atoms with Crippen LogP contribution in [0.1, 0.15) is 35.1 Å². The average Bonchev–Trinajstić information content (AvgIpc) is 2.39. The third kappa shape index (κ3) is 9.14. The fourth-order valence-corrected chi connectivity index (χ4v) is 1.10. The zero-order chi connectivity index (χ0) is 14.8. The van der Waals surface area contributed by atoms with Crippen molar-refractivity contribution < 1.29 is 9.59 Å². The van der Waals surface area contributed by atoms with Crippen molar-refractivity contribution in [3.8, 4) is 0 Å². The molecule has 20 heavy (non-hydrogen) atoms. The van der Waals surface area contributed by atoms with Gasteiger partial charge >= 0.3 is 0 Å². The normalized spacial score (nSPS) is 9.15. The van der Waals surface area contributed by atoms with E-state index in [9.17, 15) is 9.59 Å². The quantitative estimate of drug-likeness (QED) is 0.892. The largest absolute Gasteiger partial charge is 0.359 e. The highest BCUT2D eigenvalue weighted by Gasteiger charge is 2.05. The summed E-state index contributed by atoms with van der Waals surface area (Å²) < 4.78 is 0. The van der Waals surface area contributed by atoms with Crippen molar-refractivity contribution in [1.29, 1.82) is 0 Å². The minimum absolute atomic E-state index is 0. The number of rotatable bonds is 3. The molecule has 0 radical (unpaired) electrons. The smallest absolute Gasteiger partial charge is 0.226 e. The highest BCUT2D eigenvalue weighted by atomic mass is 16.2. The lowest BCUT2D eigenvalue weighted by atomic mass is 10.2. The molecule has 0 saturated heterocycles. The molecule has 0 spiro atoms. The SMILES string of the molecule is C.CC(C)C(=O)Nc1ccccc1.CNC(=O)C(C)C. The second kappa shape index (κ2) is 11.0. The van der Waals surface area contributed by atoms with Gasteiger partial charge in [0, 0.05) is 24.6 Å². The summed E-state index contributed by atoms with van der Waals surface area (Å²) in [5.74, 6) is 0.302. The zero-order valence-electron chi connectivity index (χ0n) is 12.4. The van der Waals surface area contributed by atoms with Crippen molar-refractivity contribution in [3.05, 3.63) is 30.3 Å². The summed E-state index contributed by atoms with van der Waals surface area (Å²) in [5.41, 5.74) is 0.858. The predicted molar refractivity (Wildman–Crippen MR) is 85.5 cm³/mol. The number of benzene rings is 1. The second-order valence-electron chi connectivity index (χ2n) is 4.78. The summed E-state index contributed by atoms with van der Waals surface area (Å²) in [6.45, 7) is 7.47. The van der Waals surface area contributed by atoms with Crippen LogP contribution >= 0.6 is 0 Å². The third-order valence-corrected chi connectivity index (χ3v) is 2.34. The van der Waals surface area contributed by atoms with Gasteiger partial charge in [0.1, 0.15) is 0 Å². The molecule has 0 aliphatic carbocycles. The number of carbonyl (C=O) groups is 2. The number of hydrogen-bond donors (Lipinski definition) is 2. The molecule has 114 valence electrons. The Labute approximate surface area is 123 Å². The Morgan fingerprint density at radius 2 is 1.35 bits per heavy atom. The Kier molecular flexibility index (Phi) is 11.3. The van der Waals surface area contributed by atoms with E-state index in [1.165, 1.54) is 0 Å². The first-order valence-electron chi connectivity index (χ1n) is 6.46. The first-order valence-corrected chi connectivity index (χ1v) is 6.46. The van der Waals surface area contributed by atoms with E-state index in [1.54, 1.807) is 7.05 Å². The van der Waals surface area contributed by atoms with Crippen LogP contribution in [-0.2, 0) is 9.59 Å². The van der Waals surface area contributed by atoms with Crippen molar-refractivity contribution in [3.63, 3.8) is 0 Å². The van der Waals surface area contributed by atoms with Gasteiger partial charge in [-0.2, -0.15) is 0 Å². The van der Waals surface area contributed by atoms with E-state index in [1.807, 2.05) is 58.0 Å². The van der Waals surface area contributed by atoms with E-state index >= 15 is 0 Å². The molecular formula is C16H28N2O2. The maximum atomic E-state index is 11.2. The van der Waals surface area contributed by atoms with Crippen LogP contribution in [0, 0.1) is 11.8 Å². The Balaban J connectivity index is 0. The Morgan fingerprint density at radius 1 is 0.900 bits per heavy atom. The van der Waals surface area contributed by atoms with Crippen molar-refractivity contribution in [2.75, 3.05) is 12.4 Å². The van der Waals surface area contributed by atoms with Crippen molar-refractivity contribution in [1.82, 2.24) is 5.32 Å². The predicted octanol–water partition coefficient (Wildman–Crippen LogP) is 3.31. The monoisotopic (exact) mass is 280 g/mol. The van der Waals surface area contributed by atoms with E-state index in [-0.39, 0.29) is 31.1 Å². The molecule has 0 unspecified atom stereocenters. The summed E-state index contributed by atoms with van der Waals surface area (Å²) >= 11 is 0. The Morgan fingerprint density at radius 3 is 1.65 bits per heavy atom. The molecular weight excluding hydrogens is 252 g/mol. The fraction of sp³-hybridized carbons (Fsp3) is 0.500. The molecule has 2 N–H and O–H groups in total. The number of hydrogen-bond acceptors (Lipinski definition) is 2. The van der Waals surface area contributed by atoms with Gasteiger partial charge in [0.25, 0.3) is 0 Å². The van der Waals surface area contributed by atoms with Crippen LogP contribution in [0.4, 0.5) is 5.69 Å². The molecule has 0 atom stereocenters. The van der Waals surface area contributed by atoms with E-state index in [4.69, 9.17) is 0 Å². The van der Waals surface area contributed by atoms with Crippen molar-refractivity contribution in [2.45, 2.75) is 35.1 Å². The minimum atomic E-state index is 0. The van der Waals surface area contributed by atoms with Crippen LogP contribution in [0.3, 0.4) is 0 Å². The number of nitrogens with one attached hydrogen (secondary N) is 2. The second-order valence-corrected chi connectivity index (χ2v) is 4.78. The van der Waals surface area contributed by atoms with Crippen LogP contribution in [0.15, 0.2) is 30.3 Å². The highest BCUT2D eigenvalue weighted by Crippen LogP contribution is 2.06. The van der Waals surface area contributed by atoms with Gasteiger partial charge in [-0.15, -0.1) is 0 Å². The fourth-order valence-electron chi connectivity index (χ4n) is 1.10. The van der Waals surface area contributed by atoms with Gasteiger partial charge in [-0.25, -0.2) is 0 Å². The maximum Gasteiger partial charge on any atom is 0.226 e. The molecule has 1 aromatic carbocycles. The summed E-state index contributed by atoms with van der Waals surface area (Å²) in [5, 5.41) is 5.33. The summed E-state index contributed by atoms with van der Waals surface area (Å²) in [4.78, 5) is 21.6. The van der Waals surface area contributed by atoms with Gasteiger partial charge in [-0.05, 0) is 12.1 Å². The molecule has 0 aromatic heterocycles. The van der Waals surface area contributed by atoms with Gasteiger partial charge in [0.2, 0.25) is 11.8 Å². The van der Waals surface area contributed by atoms with Gasteiger partial charge in [-0.3, -0.25) is 9.59 Å². The molecule has 0 saturated carbocycles. The molecule has 4 nitrogen and oxygen atoms in total. The lowest BCUT2D eigenvalue weighted by Gasteiger charge is -2.06. The standard InChI is InChI=1S/C10H13NO.C5H11NO.CH4/c1-8(2)10(12)11-9-6-4-3-5-7-9;1-4(2)5(7)6-3;/h3-8H,1-2H3,(H,11,12);4H,1-3H3,(H,6,7);1H4. The van der Waals surface area contributed by atoms with Crippen LogP contribution in [-0.4, -0.2) is 18.9 Å². The summed E-state index contributed by atoms with van der Waals surface area (Å²) in [6, 6.07) is 9.47. The molecule has 2 amide bonds. The zero-order valence-corrected chi connectivity index (χ0v) is 12.4. The highest BCUT2D eigenvalue weighted by molar-refractivity contribution is 5.91. The molecule has 1 aromatic rings. The molecule has 0 aliphatic rings. The summed E-state index contributed by atoms with van der Waals surface area (Å²) in [6.07, 6.45) is 0. The minimum Gasteiger partial charge on any atom is -0.359 e. The molecule has 0 aliphatic heterocycles.